The van der Waals surface area contributed by atoms with Crippen molar-refractivity contribution in [3.05, 3.63) is 0 Å². The van der Waals surface area contributed by atoms with E-state index in [2.05, 4.69) is 10.3 Å². The van der Waals surface area contributed by atoms with Crippen LogP contribution in [0.15, 0.2) is 4.99 Å². The molecule has 0 unspecified atom stereocenters. The fourth-order valence-corrected chi connectivity index (χ4v) is 0.990. The molecule has 3 N–H and O–H groups in total. The van der Waals surface area contributed by atoms with E-state index in [0.29, 0.717) is 0 Å². The van der Waals surface area contributed by atoms with Crippen LogP contribution in [0.1, 0.15) is 13.3 Å². The molecule has 6 nitrogen and oxygen atoms in total. The molecule has 1 aliphatic heterocycles. The molecule has 0 aromatic carbocycles. The quantitative estimate of drug-likeness (QED) is 0.526. The Morgan fingerprint density at radius 3 is 3.08 bits per heavy atom. The molecule has 0 spiro atoms. The van der Waals surface area contributed by atoms with Crippen molar-refractivity contribution in [2.24, 2.45) is 10.7 Å². The van der Waals surface area contributed by atoms with E-state index in [1.807, 2.05) is 0 Å². The molecule has 6 heteroatoms. The van der Waals surface area contributed by atoms with Gasteiger partial charge in [0, 0.05) is 0 Å². The maximum absolute atomic E-state index is 11.1. The number of nitrogens with two attached hydrogens (primary N) is 1. The highest BCUT2D eigenvalue weighted by Gasteiger charge is 2.26. The molecule has 1 atom stereocenters. The Bertz CT molecular complexity index is 262. The van der Waals surface area contributed by atoms with Crippen LogP contribution in [-0.2, 0) is 14.3 Å². The van der Waals surface area contributed by atoms with Crippen LogP contribution in [-0.4, -0.2) is 30.5 Å². The van der Waals surface area contributed by atoms with Crippen LogP contribution in [0.25, 0.3) is 0 Å². The predicted octanol–water partition coefficient (Wildman–Crippen LogP) is -1.25. The lowest BCUT2D eigenvalue weighted by Crippen LogP contribution is -2.45. The fraction of sp³-hybridized carbons (Fsp3) is 0.571. The molecule has 0 saturated heterocycles. The second-order valence-electron chi connectivity index (χ2n) is 2.53. The van der Waals surface area contributed by atoms with Crippen LogP contribution in [0, 0.1) is 0 Å². The molecule has 13 heavy (non-hydrogen) atoms. The first-order valence-electron chi connectivity index (χ1n) is 3.93. The summed E-state index contributed by atoms with van der Waals surface area (Å²) in [7, 11) is 0. The molecular formula is C7H11N3O3. The molecule has 1 aliphatic rings. The van der Waals surface area contributed by atoms with Crippen molar-refractivity contribution in [3.8, 4) is 0 Å². The van der Waals surface area contributed by atoms with E-state index < -0.39 is 12.0 Å². The first-order valence-corrected chi connectivity index (χ1v) is 3.93. The van der Waals surface area contributed by atoms with Gasteiger partial charge in [-0.1, -0.05) is 0 Å². The summed E-state index contributed by atoms with van der Waals surface area (Å²) in [5.41, 5.74) is 5.26. The summed E-state index contributed by atoms with van der Waals surface area (Å²) in [5.74, 6) is -0.861. The zero-order valence-electron chi connectivity index (χ0n) is 7.24. The standard InChI is InChI=1S/C7H11N3O3/c1-2-13-6(12)4-3-5(11)10-7(8)9-4/h4H,2-3H2,1H3,(H3,8,9,10,11)/t4-/m1/s1. The Morgan fingerprint density at radius 2 is 2.54 bits per heavy atom. The Hall–Kier alpha value is -1.59. The topological polar surface area (TPSA) is 93.8 Å². The number of carbonyl (C=O) groups is 2. The number of carbonyl (C=O) groups excluding carboxylic acids is 2. The second-order valence-corrected chi connectivity index (χ2v) is 2.53. The summed E-state index contributed by atoms with van der Waals surface area (Å²) < 4.78 is 4.70. The summed E-state index contributed by atoms with van der Waals surface area (Å²) in [6, 6.07) is -0.784. The summed E-state index contributed by atoms with van der Waals surface area (Å²) in [4.78, 5) is 25.8. The zero-order valence-corrected chi connectivity index (χ0v) is 7.24. The third-order valence-electron chi connectivity index (χ3n) is 1.50. The van der Waals surface area contributed by atoms with E-state index in [9.17, 15) is 9.59 Å². The molecule has 0 aromatic heterocycles. The van der Waals surface area contributed by atoms with Gasteiger partial charge in [-0.15, -0.1) is 0 Å². The van der Waals surface area contributed by atoms with Gasteiger partial charge in [-0.05, 0) is 6.92 Å². The molecule has 0 fully saturated rings. The Morgan fingerprint density at radius 1 is 1.85 bits per heavy atom. The Labute approximate surface area is 75.1 Å². The van der Waals surface area contributed by atoms with Crippen molar-refractivity contribution < 1.29 is 14.3 Å². The van der Waals surface area contributed by atoms with E-state index in [1.54, 1.807) is 6.92 Å². The van der Waals surface area contributed by atoms with E-state index in [0.717, 1.165) is 0 Å². The van der Waals surface area contributed by atoms with Crippen molar-refractivity contribution in [2.75, 3.05) is 6.61 Å². The van der Waals surface area contributed by atoms with Crippen LogP contribution < -0.4 is 11.1 Å². The number of hydrogen-bond donors (Lipinski definition) is 2. The van der Waals surface area contributed by atoms with Gasteiger partial charge in [0.1, 0.15) is 0 Å². The number of nitrogens with one attached hydrogen (secondary N) is 1. The van der Waals surface area contributed by atoms with Crippen molar-refractivity contribution in [3.63, 3.8) is 0 Å². The molecule has 1 rings (SSSR count). The summed E-state index contributed by atoms with van der Waals surface area (Å²) in [6.45, 7) is 1.96. The highest BCUT2D eigenvalue weighted by atomic mass is 16.5. The van der Waals surface area contributed by atoms with Gasteiger partial charge in [-0.2, -0.15) is 0 Å². The monoisotopic (exact) mass is 185 g/mol. The van der Waals surface area contributed by atoms with Gasteiger partial charge in [-0.25, -0.2) is 9.79 Å². The maximum Gasteiger partial charge on any atom is 0.331 e. The number of nitrogens with zero attached hydrogens (tertiary/aromatic N) is 1. The molecule has 1 heterocycles. The molecule has 72 valence electrons. The lowest BCUT2D eigenvalue weighted by molar-refractivity contribution is -0.146. The molecule has 0 aromatic rings. The van der Waals surface area contributed by atoms with Gasteiger partial charge in [0.25, 0.3) is 0 Å². The van der Waals surface area contributed by atoms with E-state index in [4.69, 9.17) is 10.5 Å². The number of hydrogen-bond acceptors (Lipinski definition) is 5. The van der Waals surface area contributed by atoms with Crippen LogP contribution in [0.3, 0.4) is 0 Å². The lowest BCUT2D eigenvalue weighted by Gasteiger charge is -2.16. The Kier molecular flexibility index (Phi) is 2.84. The lowest BCUT2D eigenvalue weighted by atomic mass is 10.2. The number of ether oxygens (including phenoxy) is 1. The fourth-order valence-electron chi connectivity index (χ4n) is 0.990. The molecule has 0 aliphatic carbocycles. The number of rotatable bonds is 2. The van der Waals surface area contributed by atoms with Gasteiger partial charge >= 0.3 is 5.97 Å². The van der Waals surface area contributed by atoms with Gasteiger partial charge in [0.05, 0.1) is 13.0 Å². The zero-order chi connectivity index (χ0) is 9.84. The third-order valence-corrected chi connectivity index (χ3v) is 1.50. The molecular weight excluding hydrogens is 174 g/mol. The minimum absolute atomic E-state index is 0.000463. The third kappa shape index (κ3) is 2.43. The van der Waals surface area contributed by atoms with Crippen molar-refractivity contribution in [1.29, 1.82) is 0 Å². The normalized spacial score (nSPS) is 21.8. The van der Waals surface area contributed by atoms with Crippen LogP contribution in [0.2, 0.25) is 0 Å². The van der Waals surface area contributed by atoms with Crippen LogP contribution >= 0.6 is 0 Å². The molecule has 0 radical (unpaired) electrons. The number of guanidine groups is 1. The first kappa shape index (κ1) is 9.50. The minimum Gasteiger partial charge on any atom is -0.464 e. The van der Waals surface area contributed by atoms with Crippen molar-refractivity contribution in [2.45, 2.75) is 19.4 Å². The summed E-state index contributed by atoms with van der Waals surface area (Å²) in [5, 5.41) is 2.29. The number of amides is 1. The molecule has 0 bridgehead atoms. The van der Waals surface area contributed by atoms with Gasteiger partial charge < -0.3 is 10.5 Å². The second kappa shape index (κ2) is 3.88. The molecule has 1 amide bonds. The van der Waals surface area contributed by atoms with Gasteiger partial charge in [-0.3, -0.25) is 10.1 Å². The first-order chi connectivity index (χ1) is 6.13. The van der Waals surface area contributed by atoms with E-state index in [-0.39, 0.29) is 24.9 Å². The largest absolute Gasteiger partial charge is 0.464 e. The SMILES string of the molecule is CCOC(=O)[C@H]1CC(=O)NC(N)=N1. The highest BCUT2D eigenvalue weighted by molar-refractivity contribution is 6.01. The summed E-state index contributed by atoms with van der Waals surface area (Å²) in [6.07, 6.45) is -0.000463. The van der Waals surface area contributed by atoms with Gasteiger partial charge in [0.15, 0.2) is 12.0 Å². The smallest absolute Gasteiger partial charge is 0.331 e. The molecule has 0 saturated carbocycles. The van der Waals surface area contributed by atoms with E-state index >= 15 is 0 Å². The number of esters is 1. The van der Waals surface area contributed by atoms with Crippen molar-refractivity contribution in [1.82, 2.24) is 5.32 Å². The predicted molar refractivity (Wildman–Crippen MR) is 44.8 cm³/mol. The number of aliphatic imine (C=N–C) groups is 1. The maximum atomic E-state index is 11.1. The average Bonchev–Trinajstić information content (AvgIpc) is 2.03. The van der Waals surface area contributed by atoms with E-state index in [1.165, 1.54) is 0 Å². The van der Waals surface area contributed by atoms with Gasteiger partial charge in [0.2, 0.25) is 5.91 Å². The minimum atomic E-state index is -0.784. The van der Waals surface area contributed by atoms with Crippen LogP contribution in [0.5, 0.6) is 0 Å². The summed E-state index contributed by atoms with van der Waals surface area (Å²) >= 11 is 0. The average molecular weight is 185 g/mol. The Balaban J connectivity index is 2.64. The van der Waals surface area contributed by atoms with Crippen molar-refractivity contribution >= 4 is 17.8 Å². The van der Waals surface area contributed by atoms with Crippen LogP contribution in [0.4, 0.5) is 0 Å². The highest BCUT2D eigenvalue weighted by Crippen LogP contribution is 2.04.